The molecule has 0 fully saturated rings. The molecule has 4 nitrogen and oxygen atoms in total. The van der Waals surface area contributed by atoms with Crippen LogP contribution in [-0.4, -0.2) is 34.1 Å². The van der Waals surface area contributed by atoms with Gasteiger partial charge in [0.15, 0.2) is 5.69 Å². The van der Waals surface area contributed by atoms with Gasteiger partial charge in [-0.2, -0.15) is 11.8 Å². The molecule has 2 N–H and O–H groups in total. The molecule has 0 amide bonds. The average molecular weight is 232 g/mol. The van der Waals surface area contributed by atoms with Gasteiger partial charge in [0.1, 0.15) is 5.00 Å². The van der Waals surface area contributed by atoms with E-state index in [4.69, 9.17) is 5.11 Å². The lowest BCUT2D eigenvalue weighted by Crippen LogP contribution is -2.18. The lowest BCUT2D eigenvalue weighted by atomic mass is 10.4. The van der Waals surface area contributed by atoms with Crippen molar-refractivity contribution in [2.75, 3.05) is 17.3 Å². The second-order valence-corrected chi connectivity index (χ2v) is 4.60. The number of aromatic nitrogens is 1. The van der Waals surface area contributed by atoms with E-state index in [-0.39, 0.29) is 11.7 Å². The Morgan fingerprint density at radius 2 is 2.57 bits per heavy atom. The lowest BCUT2D eigenvalue weighted by Gasteiger charge is -2.11. The maximum absolute atomic E-state index is 10.7. The maximum Gasteiger partial charge on any atom is 0.357 e. The Morgan fingerprint density at radius 1 is 1.86 bits per heavy atom. The molecule has 1 heterocycles. The zero-order valence-corrected chi connectivity index (χ0v) is 9.61. The summed E-state index contributed by atoms with van der Waals surface area (Å²) < 4.78 is 0. The number of rotatable bonds is 5. The van der Waals surface area contributed by atoms with Crippen LogP contribution in [0.4, 0.5) is 5.00 Å². The van der Waals surface area contributed by atoms with Gasteiger partial charge in [-0.3, -0.25) is 0 Å². The van der Waals surface area contributed by atoms with Crippen LogP contribution < -0.4 is 5.32 Å². The van der Waals surface area contributed by atoms with Gasteiger partial charge in [-0.15, -0.1) is 11.3 Å². The van der Waals surface area contributed by atoms with Gasteiger partial charge in [0, 0.05) is 11.8 Å². The van der Waals surface area contributed by atoms with E-state index in [1.54, 1.807) is 11.8 Å². The summed E-state index contributed by atoms with van der Waals surface area (Å²) in [5, 5.41) is 12.6. The van der Waals surface area contributed by atoms with Crippen LogP contribution in [0.5, 0.6) is 0 Å². The zero-order chi connectivity index (χ0) is 10.6. The standard InChI is InChI=1S/C8H12N2O2S2/c1-5(3-13-2)10-7-6(8(11)12)9-4-14-7/h4-5,10H,3H2,1-2H3,(H,11,12). The molecular formula is C8H12N2O2S2. The first kappa shape index (κ1) is 11.3. The molecule has 1 unspecified atom stereocenters. The van der Waals surface area contributed by atoms with E-state index in [1.165, 1.54) is 16.8 Å². The van der Waals surface area contributed by atoms with Gasteiger partial charge in [0.25, 0.3) is 0 Å². The molecule has 1 aromatic rings. The number of thioether (sulfide) groups is 1. The Bertz CT molecular complexity index is 314. The normalized spacial score (nSPS) is 12.4. The Morgan fingerprint density at radius 3 is 3.14 bits per heavy atom. The highest BCUT2D eigenvalue weighted by atomic mass is 32.2. The summed E-state index contributed by atoms with van der Waals surface area (Å²) in [7, 11) is 0. The summed E-state index contributed by atoms with van der Waals surface area (Å²) in [6.45, 7) is 2.02. The predicted octanol–water partition coefficient (Wildman–Crippen LogP) is 2.00. The Hall–Kier alpha value is -0.750. The highest BCUT2D eigenvalue weighted by molar-refractivity contribution is 7.98. The molecule has 1 rings (SSSR count). The highest BCUT2D eigenvalue weighted by Crippen LogP contribution is 2.21. The van der Waals surface area contributed by atoms with Gasteiger partial charge < -0.3 is 10.4 Å². The molecule has 1 aromatic heterocycles. The second kappa shape index (κ2) is 5.21. The number of carbonyl (C=O) groups is 1. The number of carboxylic acid groups (broad SMARTS) is 1. The molecule has 0 aliphatic rings. The van der Waals surface area contributed by atoms with Gasteiger partial charge in [-0.05, 0) is 13.2 Å². The third kappa shape index (κ3) is 2.88. The fourth-order valence-electron chi connectivity index (χ4n) is 1.02. The molecule has 14 heavy (non-hydrogen) atoms. The molecule has 78 valence electrons. The van der Waals surface area contributed by atoms with Crippen molar-refractivity contribution >= 4 is 34.1 Å². The minimum absolute atomic E-state index is 0.114. The predicted molar refractivity (Wildman–Crippen MR) is 60.5 cm³/mol. The number of thiazole rings is 1. The fourth-order valence-corrected chi connectivity index (χ4v) is 2.38. The quantitative estimate of drug-likeness (QED) is 0.813. The van der Waals surface area contributed by atoms with E-state index in [9.17, 15) is 4.79 Å². The summed E-state index contributed by atoms with van der Waals surface area (Å²) in [6, 6.07) is 0.253. The van der Waals surface area contributed by atoms with Gasteiger partial charge >= 0.3 is 5.97 Å². The van der Waals surface area contributed by atoms with Crippen LogP contribution in [0.3, 0.4) is 0 Å². The summed E-state index contributed by atoms with van der Waals surface area (Å²) in [6.07, 6.45) is 2.02. The van der Waals surface area contributed by atoms with E-state index in [1.807, 2.05) is 13.2 Å². The molecule has 0 bridgehead atoms. The van der Waals surface area contributed by atoms with Crippen molar-refractivity contribution in [3.8, 4) is 0 Å². The minimum Gasteiger partial charge on any atom is -0.476 e. The van der Waals surface area contributed by atoms with E-state index in [0.29, 0.717) is 5.00 Å². The SMILES string of the molecule is CSCC(C)Nc1scnc1C(=O)O. The van der Waals surface area contributed by atoms with Crippen molar-refractivity contribution in [1.82, 2.24) is 4.98 Å². The van der Waals surface area contributed by atoms with Crippen molar-refractivity contribution in [2.24, 2.45) is 0 Å². The minimum atomic E-state index is -0.981. The Labute approximate surface area is 90.7 Å². The van der Waals surface area contributed by atoms with Crippen LogP contribution in [0.1, 0.15) is 17.4 Å². The highest BCUT2D eigenvalue weighted by Gasteiger charge is 2.14. The number of anilines is 1. The molecule has 0 saturated carbocycles. The molecule has 0 saturated heterocycles. The van der Waals surface area contributed by atoms with Crippen molar-refractivity contribution in [3.05, 3.63) is 11.2 Å². The molecule has 6 heteroatoms. The largest absolute Gasteiger partial charge is 0.476 e. The van der Waals surface area contributed by atoms with E-state index >= 15 is 0 Å². The number of nitrogens with one attached hydrogen (secondary N) is 1. The number of aromatic carboxylic acids is 1. The topological polar surface area (TPSA) is 62.2 Å². The summed E-state index contributed by atoms with van der Waals surface area (Å²) >= 11 is 3.04. The molecule has 1 atom stereocenters. The summed E-state index contributed by atoms with van der Waals surface area (Å²) in [5.41, 5.74) is 1.65. The summed E-state index contributed by atoms with van der Waals surface area (Å²) in [4.78, 5) is 14.5. The molecule has 0 aromatic carbocycles. The van der Waals surface area contributed by atoms with E-state index < -0.39 is 5.97 Å². The third-order valence-electron chi connectivity index (χ3n) is 1.56. The molecule has 0 spiro atoms. The molecular weight excluding hydrogens is 220 g/mol. The Kier molecular flexibility index (Phi) is 4.21. The van der Waals surface area contributed by atoms with Crippen LogP contribution in [0.25, 0.3) is 0 Å². The maximum atomic E-state index is 10.7. The molecule has 0 aliphatic heterocycles. The van der Waals surface area contributed by atoms with Crippen molar-refractivity contribution < 1.29 is 9.90 Å². The number of carboxylic acids is 1. The van der Waals surface area contributed by atoms with Crippen LogP contribution in [0.15, 0.2) is 5.51 Å². The molecule has 0 radical (unpaired) electrons. The van der Waals surface area contributed by atoms with Gasteiger partial charge in [0.05, 0.1) is 5.51 Å². The van der Waals surface area contributed by atoms with Crippen molar-refractivity contribution in [3.63, 3.8) is 0 Å². The first-order valence-electron chi connectivity index (χ1n) is 4.07. The fraction of sp³-hybridized carbons (Fsp3) is 0.500. The van der Waals surface area contributed by atoms with Crippen LogP contribution in [0.2, 0.25) is 0 Å². The molecule has 0 aliphatic carbocycles. The third-order valence-corrected chi connectivity index (χ3v) is 3.16. The van der Waals surface area contributed by atoms with Crippen LogP contribution >= 0.6 is 23.1 Å². The number of hydrogen-bond donors (Lipinski definition) is 2. The zero-order valence-electron chi connectivity index (χ0n) is 7.98. The number of nitrogens with zero attached hydrogens (tertiary/aromatic N) is 1. The average Bonchev–Trinajstić information content (AvgIpc) is 2.52. The van der Waals surface area contributed by atoms with Crippen LogP contribution in [0, 0.1) is 0 Å². The number of hydrogen-bond acceptors (Lipinski definition) is 5. The first-order valence-corrected chi connectivity index (χ1v) is 6.34. The second-order valence-electron chi connectivity index (χ2n) is 2.84. The smallest absolute Gasteiger partial charge is 0.357 e. The summed E-state index contributed by atoms with van der Waals surface area (Å²) in [5.74, 6) is -0.0400. The first-order chi connectivity index (χ1) is 6.65. The Balaban J connectivity index is 2.66. The van der Waals surface area contributed by atoms with Crippen molar-refractivity contribution in [1.29, 1.82) is 0 Å². The lowest BCUT2D eigenvalue weighted by molar-refractivity contribution is 0.0692. The van der Waals surface area contributed by atoms with Gasteiger partial charge in [-0.1, -0.05) is 0 Å². The monoisotopic (exact) mass is 232 g/mol. The van der Waals surface area contributed by atoms with E-state index in [2.05, 4.69) is 10.3 Å². The van der Waals surface area contributed by atoms with Crippen molar-refractivity contribution in [2.45, 2.75) is 13.0 Å². The van der Waals surface area contributed by atoms with Gasteiger partial charge in [-0.25, -0.2) is 9.78 Å². The van der Waals surface area contributed by atoms with E-state index in [0.717, 1.165) is 5.75 Å². The van der Waals surface area contributed by atoms with Crippen LogP contribution in [-0.2, 0) is 0 Å². The van der Waals surface area contributed by atoms with Gasteiger partial charge in [0.2, 0.25) is 0 Å².